The molecule has 0 atom stereocenters. The monoisotopic (exact) mass is 418 g/mol. The van der Waals surface area contributed by atoms with Crippen molar-refractivity contribution in [1.82, 2.24) is 15.6 Å². The van der Waals surface area contributed by atoms with Crippen LogP contribution < -0.4 is 10.6 Å². The van der Waals surface area contributed by atoms with Crippen LogP contribution in [0.1, 0.15) is 31.0 Å². The molecule has 4 rings (SSSR count). The quantitative estimate of drug-likeness (QED) is 0.446. The lowest BCUT2D eigenvalue weighted by Crippen LogP contribution is -2.48. The van der Waals surface area contributed by atoms with Gasteiger partial charge in [0, 0.05) is 37.3 Å². The van der Waals surface area contributed by atoms with Crippen LogP contribution in [-0.4, -0.2) is 37.2 Å². The number of aromatic nitrogens is 1. The topological polar surface area (TPSA) is 71.7 Å². The SMILES string of the molecule is CCNC(=NCc1coc(-c2ccccc2)n1)NCC1(c2ccccc2)CCOCC1. The van der Waals surface area contributed by atoms with Crippen molar-refractivity contribution in [2.75, 3.05) is 26.3 Å². The number of aliphatic imine (C=N–C) groups is 1. The highest BCUT2D eigenvalue weighted by Gasteiger charge is 2.34. The zero-order valence-electron chi connectivity index (χ0n) is 18.0. The minimum absolute atomic E-state index is 0.0457. The molecule has 1 fully saturated rings. The molecule has 0 saturated carbocycles. The van der Waals surface area contributed by atoms with E-state index in [1.807, 2.05) is 30.3 Å². The predicted octanol–water partition coefficient (Wildman–Crippen LogP) is 4.15. The third kappa shape index (κ3) is 5.33. The van der Waals surface area contributed by atoms with E-state index in [0.717, 1.165) is 56.4 Å². The van der Waals surface area contributed by atoms with Gasteiger partial charge in [0.05, 0.1) is 6.54 Å². The summed E-state index contributed by atoms with van der Waals surface area (Å²) in [5.41, 5.74) is 3.17. The maximum atomic E-state index is 5.65. The molecule has 2 heterocycles. The number of ether oxygens (including phenoxy) is 1. The molecule has 1 saturated heterocycles. The zero-order valence-corrected chi connectivity index (χ0v) is 18.0. The molecule has 0 spiro atoms. The average Bonchev–Trinajstić information content (AvgIpc) is 3.32. The normalized spacial score (nSPS) is 16.1. The Bertz CT molecular complexity index is 963. The van der Waals surface area contributed by atoms with Gasteiger partial charge in [-0.1, -0.05) is 48.5 Å². The van der Waals surface area contributed by atoms with Gasteiger partial charge in [-0.2, -0.15) is 0 Å². The number of hydrogen-bond donors (Lipinski definition) is 2. The Kier molecular flexibility index (Phi) is 6.99. The van der Waals surface area contributed by atoms with Crippen LogP contribution in [0.3, 0.4) is 0 Å². The molecule has 0 bridgehead atoms. The molecule has 1 aromatic heterocycles. The van der Waals surface area contributed by atoms with E-state index in [9.17, 15) is 0 Å². The number of guanidine groups is 1. The smallest absolute Gasteiger partial charge is 0.226 e. The Hall–Kier alpha value is -3.12. The Morgan fingerprint density at radius 3 is 2.42 bits per heavy atom. The molecule has 2 N–H and O–H groups in total. The van der Waals surface area contributed by atoms with Crippen molar-refractivity contribution in [2.45, 2.75) is 31.7 Å². The van der Waals surface area contributed by atoms with Gasteiger partial charge in [0.2, 0.25) is 5.89 Å². The van der Waals surface area contributed by atoms with Crippen LogP contribution >= 0.6 is 0 Å². The van der Waals surface area contributed by atoms with Gasteiger partial charge in [0.25, 0.3) is 0 Å². The number of rotatable bonds is 7. The number of hydrogen-bond acceptors (Lipinski definition) is 4. The number of nitrogens with zero attached hydrogens (tertiary/aromatic N) is 2. The molecular formula is C25H30N4O2. The molecule has 0 aliphatic carbocycles. The minimum Gasteiger partial charge on any atom is -0.444 e. The Balaban J connectivity index is 1.45. The van der Waals surface area contributed by atoms with Crippen molar-refractivity contribution < 1.29 is 9.15 Å². The third-order valence-corrected chi connectivity index (χ3v) is 5.75. The molecule has 6 nitrogen and oxygen atoms in total. The lowest BCUT2D eigenvalue weighted by molar-refractivity contribution is 0.0514. The van der Waals surface area contributed by atoms with Crippen molar-refractivity contribution >= 4 is 5.96 Å². The molecule has 6 heteroatoms. The van der Waals surface area contributed by atoms with E-state index < -0.39 is 0 Å². The number of benzene rings is 2. The van der Waals surface area contributed by atoms with Gasteiger partial charge in [-0.05, 0) is 37.5 Å². The Labute approximate surface area is 183 Å². The van der Waals surface area contributed by atoms with E-state index in [1.165, 1.54) is 5.56 Å². The molecule has 31 heavy (non-hydrogen) atoms. The Morgan fingerprint density at radius 2 is 1.71 bits per heavy atom. The van der Waals surface area contributed by atoms with Crippen LogP contribution in [0.5, 0.6) is 0 Å². The van der Waals surface area contributed by atoms with Gasteiger partial charge in [-0.3, -0.25) is 0 Å². The van der Waals surface area contributed by atoms with Crippen molar-refractivity contribution in [3.63, 3.8) is 0 Å². The van der Waals surface area contributed by atoms with Gasteiger partial charge < -0.3 is 19.8 Å². The second kappa shape index (κ2) is 10.3. The first kappa shape index (κ1) is 21.1. The molecule has 162 valence electrons. The van der Waals surface area contributed by atoms with Crippen molar-refractivity contribution in [3.05, 3.63) is 78.2 Å². The fourth-order valence-corrected chi connectivity index (χ4v) is 3.97. The summed E-state index contributed by atoms with van der Waals surface area (Å²) < 4.78 is 11.3. The van der Waals surface area contributed by atoms with E-state index in [-0.39, 0.29) is 5.41 Å². The maximum absolute atomic E-state index is 5.65. The van der Waals surface area contributed by atoms with Crippen LogP contribution in [0.15, 0.2) is 76.3 Å². The van der Waals surface area contributed by atoms with Crippen molar-refractivity contribution in [1.29, 1.82) is 0 Å². The average molecular weight is 419 g/mol. The summed E-state index contributed by atoms with van der Waals surface area (Å²) >= 11 is 0. The first-order valence-corrected chi connectivity index (χ1v) is 10.9. The van der Waals surface area contributed by atoms with E-state index in [0.29, 0.717) is 12.4 Å². The summed E-state index contributed by atoms with van der Waals surface area (Å²) in [5, 5.41) is 6.91. The highest BCUT2D eigenvalue weighted by molar-refractivity contribution is 5.79. The standard InChI is InChI=1S/C25H30N4O2/c1-2-26-24(27-17-22-18-31-23(29-22)20-9-5-3-6-10-20)28-19-25(13-15-30-16-14-25)21-11-7-4-8-12-21/h3-12,18H,2,13-17,19H2,1H3,(H2,26,27,28). The van der Waals surface area contributed by atoms with Crippen molar-refractivity contribution in [2.24, 2.45) is 4.99 Å². The van der Waals surface area contributed by atoms with Gasteiger partial charge in [0.15, 0.2) is 5.96 Å². The number of oxazole rings is 1. The maximum Gasteiger partial charge on any atom is 0.226 e. The fraction of sp³-hybridized carbons (Fsp3) is 0.360. The highest BCUT2D eigenvalue weighted by atomic mass is 16.5. The van der Waals surface area contributed by atoms with E-state index in [2.05, 4.69) is 52.9 Å². The van der Waals surface area contributed by atoms with E-state index in [1.54, 1.807) is 6.26 Å². The molecule has 0 radical (unpaired) electrons. The van der Waals surface area contributed by atoms with Gasteiger partial charge >= 0.3 is 0 Å². The largest absolute Gasteiger partial charge is 0.444 e. The minimum atomic E-state index is 0.0457. The first-order valence-electron chi connectivity index (χ1n) is 10.9. The molecule has 0 amide bonds. The molecule has 3 aromatic rings. The molecule has 1 aliphatic rings. The van der Waals surface area contributed by atoms with Gasteiger partial charge in [0.1, 0.15) is 12.0 Å². The summed E-state index contributed by atoms with van der Waals surface area (Å²) in [6, 6.07) is 20.6. The van der Waals surface area contributed by atoms with Crippen LogP contribution in [0, 0.1) is 0 Å². The van der Waals surface area contributed by atoms with Crippen LogP contribution in [0.25, 0.3) is 11.5 Å². The van der Waals surface area contributed by atoms with Crippen LogP contribution in [0.2, 0.25) is 0 Å². The van der Waals surface area contributed by atoms with Gasteiger partial charge in [-0.15, -0.1) is 0 Å². The molecular weight excluding hydrogens is 388 g/mol. The molecule has 2 aromatic carbocycles. The Morgan fingerprint density at radius 1 is 1.00 bits per heavy atom. The lowest BCUT2D eigenvalue weighted by atomic mass is 9.74. The summed E-state index contributed by atoms with van der Waals surface area (Å²) in [7, 11) is 0. The summed E-state index contributed by atoms with van der Waals surface area (Å²) in [5.74, 6) is 1.41. The fourth-order valence-electron chi connectivity index (χ4n) is 3.97. The lowest BCUT2D eigenvalue weighted by Gasteiger charge is -2.38. The second-order valence-corrected chi connectivity index (χ2v) is 7.82. The summed E-state index contributed by atoms with van der Waals surface area (Å²) in [4.78, 5) is 9.32. The number of nitrogens with one attached hydrogen (secondary N) is 2. The zero-order chi connectivity index (χ0) is 21.4. The highest BCUT2D eigenvalue weighted by Crippen LogP contribution is 2.34. The predicted molar refractivity (Wildman–Crippen MR) is 123 cm³/mol. The summed E-state index contributed by atoms with van der Waals surface area (Å²) in [6.45, 7) is 5.69. The van der Waals surface area contributed by atoms with E-state index in [4.69, 9.17) is 14.1 Å². The molecule has 0 unspecified atom stereocenters. The molecule has 1 aliphatic heterocycles. The first-order chi connectivity index (χ1) is 15.3. The summed E-state index contributed by atoms with van der Waals surface area (Å²) in [6.07, 6.45) is 3.67. The van der Waals surface area contributed by atoms with Gasteiger partial charge in [-0.25, -0.2) is 9.98 Å². The van der Waals surface area contributed by atoms with Crippen LogP contribution in [-0.2, 0) is 16.7 Å². The second-order valence-electron chi connectivity index (χ2n) is 7.82. The van der Waals surface area contributed by atoms with Crippen molar-refractivity contribution in [3.8, 4) is 11.5 Å². The van der Waals surface area contributed by atoms with Crippen LogP contribution in [0.4, 0.5) is 0 Å². The van der Waals surface area contributed by atoms with E-state index >= 15 is 0 Å². The third-order valence-electron chi connectivity index (χ3n) is 5.75.